The molecule has 2 heterocycles. The van der Waals surface area contributed by atoms with Crippen molar-refractivity contribution in [3.63, 3.8) is 0 Å². The van der Waals surface area contributed by atoms with Crippen molar-refractivity contribution in [2.75, 3.05) is 21.3 Å². The molecule has 0 N–H and O–H groups in total. The van der Waals surface area contributed by atoms with Crippen molar-refractivity contribution in [3.8, 4) is 23.5 Å². The second-order valence-corrected chi connectivity index (χ2v) is 4.59. The monoisotopic (exact) mass is 330 g/mol. The Kier molecular flexibility index (Phi) is 4.19. The zero-order chi connectivity index (χ0) is 17.1. The van der Waals surface area contributed by atoms with Gasteiger partial charge >= 0.3 is 12.0 Å². The quantitative estimate of drug-likeness (QED) is 0.659. The first-order valence-corrected chi connectivity index (χ1v) is 6.91. The summed E-state index contributed by atoms with van der Waals surface area (Å²) in [6.07, 6.45) is 0. The van der Waals surface area contributed by atoms with E-state index in [-0.39, 0.29) is 29.3 Å². The van der Waals surface area contributed by atoms with E-state index in [2.05, 4.69) is 9.97 Å². The van der Waals surface area contributed by atoms with Crippen LogP contribution < -0.4 is 14.2 Å². The Morgan fingerprint density at radius 3 is 2.33 bits per heavy atom. The molecule has 0 aliphatic heterocycles. The van der Waals surface area contributed by atoms with Crippen molar-refractivity contribution in [2.24, 2.45) is 0 Å². The fourth-order valence-electron chi connectivity index (χ4n) is 2.08. The Hall–Kier alpha value is -3.29. The molecule has 8 nitrogen and oxygen atoms in total. The molecule has 0 amide bonds. The summed E-state index contributed by atoms with van der Waals surface area (Å²) in [5.74, 6) is -0.0820. The molecule has 8 heteroatoms. The molecular weight excluding hydrogens is 316 g/mol. The lowest BCUT2D eigenvalue weighted by molar-refractivity contribution is 0.0563. The third-order valence-electron chi connectivity index (χ3n) is 3.19. The van der Waals surface area contributed by atoms with Crippen LogP contribution in [-0.4, -0.2) is 37.3 Å². The Balaban J connectivity index is 2.11. The van der Waals surface area contributed by atoms with Crippen molar-refractivity contribution in [1.82, 2.24) is 9.97 Å². The van der Waals surface area contributed by atoms with E-state index in [0.717, 1.165) is 0 Å². The van der Waals surface area contributed by atoms with Gasteiger partial charge in [0.25, 0.3) is 5.76 Å². The predicted molar refractivity (Wildman–Crippen MR) is 82.8 cm³/mol. The maximum absolute atomic E-state index is 12.0. The molecule has 0 unspecified atom stereocenters. The summed E-state index contributed by atoms with van der Waals surface area (Å²) in [5, 5.41) is 0.586. The number of furan rings is 1. The highest BCUT2D eigenvalue weighted by Gasteiger charge is 2.24. The van der Waals surface area contributed by atoms with Crippen molar-refractivity contribution >= 4 is 16.9 Å². The van der Waals surface area contributed by atoms with Gasteiger partial charge in [0.05, 0.1) is 32.8 Å². The Morgan fingerprint density at radius 1 is 1.04 bits per heavy atom. The van der Waals surface area contributed by atoms with Gasteiger partial charge in [0.2, 0.25) is 11.8 Å². The van der Waals surface area contributed by atoms with Gasteiger partial charge < -0.3 is 23.4 Å². The first kappa shape index (κ1) is 15.6. The average Bonchev–Trinajstić information content (AvgIpc) is 2.99. The van der Waals surface area contributed by atoms with Gasteiger partial charge in [-0.3, -0.25) is 0 Å². The molecule has 0 bridgehead atoms. The molecule has 1 aromatic carbocycles. The van der Waals surface area contributed by atoms with Crippen LogP contribution in [0.25, 0.3) is 11.0 Å². The highest BCUT2D eigenvalue weighted by molar-refractivity contribution is 5.98. The number of hydrogen-bond donors (Lipinski definition) is 0. The van der Waals surface area contributed by atoms with Gasteiger partial charge in [-0.2, -0.15) is 9.97 Å². The average molecular weight is 330 g/mol. The zero-order valence-corrected chi connectivity index (χ0v) is 13.2. The molecule has 0 saturated heterocycles. The van der Waals surface area contributed by atoms with Crippen LogP contribution in [0, 0.1) is 0 Å². The summed E-state index contributed by atoms with van der Waals surface area (Å²) in [4.78, 5) is 20.1. The maximum Gasteiger partial charge on any atom is 0.378 e. The van der Waals surface area contributed by atoms with E-state index in [1.165, 1.54) is 27.4 Å². The molecule has 0 aliphatic rings. The number of methoxy groups -OCH3 is 3. The summed E-state index contributed by atoms with van der Waals surface area (Å²) in [7, 11) is 4.17. The molecule has 24 heavy (non-hydrogen) atoms. The minimum atomic E-state index is -0.670. The highest BCUT2D eigenvalue weighted by atomic mass is 16.6. The van der Waals surface area contributed by atoms with Crippen LogP contribution in [0.4, 0.5) is 0 Å². The molecule has 0 radical (unpaired) electrons. The molecule has 3 rings (SSSR count). The van der Waals surface area contributed by atoms with E-state index < -0.39 is 5.97 Å². The molecule has 124 valence electrons. The second kappa shape index (κ2) is 6.45. The summed E-state index contributed by atoms with van der Waals surface area (Å²) < 4.78 is 26.1. The SMILES string of the molecule is COC(=O)c1oc2ccccc2c1Oc1nc(OC)cc(OC)n1. The number of carbonyl (C=O) groups is 1. The molecule has 2 aromatic heterocycles. The number of rotatable bonds is 5. The number of hydrogen-bond acceptors (Lipinski definition) is 8. The molecule has 3 aromatic rings. The van der Waals surface area contributed by atoms with Crippen LogP contribution in [0.5, 0.6) is 23.5 Å². The van der Waals surface area contributed by atoms with Gasteiger partial charge in [-0.05, 0) is 12.1 Å². The number of esters is 1. The standard InChI is InChI=1S/C16H14N2O6/c1-20-11-8-12(21-2)18-16(17-11)24-13-9-6-4-5-7-10(9)23-14(13)15(19)22-3/h4-8H,1-3H3. The van der Waals surface area contributed by atoms with E-state index in [4.69, 9.17) is 23.4 Å². The number of para-hydroxylation sites is 1. The third-order valence-corrected chi connectivity index (χ3v) is 3.19. The second-order valence-electron chi connectivity index (χ2n) is 4.59. The summed E-state index contributed by atoms with van der Waals surface area (Å²) >= 11 is 0. The first-order valence-electron chi connectivity index (χ1n) is 6.91. The fourth-order valence-corrected chi connectivity index (χ4v) is 2.08. The Labute approximate surface area is 136 Å². The summed E-state index contributed by atoms with van der Waals surface area (Å²) in [5.41, 5.74) is 0.475. The number of aromatic nitrogens is 2. The smallest absolute Gasteiger partial charge is 0.378 e. The van der Waals surface area contributed by atoms with Gasteiger partial charge in [-0.25, -0.2) is 4.79 Å². The van der Waals surface area contributed by atoms with Crippen LogP contribution in [0.2, 0.25) is 0 Å². The largest absolute Gasteiger partial charge is 0.481 e. The lowest BCUT2D eigenvalue weighted by atomic mass is 10.2. The summed E-state index contributed by atoms with van der Waals surface area (Å²) in [6.45, 7) is 0. The highest BCUT2D eigenvalue weighted by Crippen LogP contribution is 2.36. The lowest BCUT2D eigenvalue weighted by Crippen LogP contribution is -2.03. The molecular formula is C16H14N2O6. The molecule has 0 spiro atoms. The van der Waals surface area contributed by atoms with Crippen LogP contribution in [0.15, 0.2) is 34.7 Å². The number of fused-ring (bicyclic) bond motifs is 1. The van der Waals surface area contributed by atoms with Crippen LogP contribution >= 0.6 is 0 Å². The zero-order valence-electron chi connectivity index (χ0n) is 13.2. The minimum Gasteiger partial charge on any atom is -0.481 e. The Bertz CT molecular complexity index is 867. The fraction of sp³-hybridized carbons (Fsp3) is 0.188. The van der Waals surface area contributed by atoms with Gasteiger partial charge in [-0.15, -0.1) is 0 Å². The van der Waals surface area contributed by atoms with Crippen LogP contribution in [-0.2, 0) is 4.74 Å². The van der Waals surface area contributed by atoms with Crippen molar-refractivity contribution in [1.29, 1.82) is 0 Å². The maximum atomic E-state index is 12.0. The number of ether oxygens (including phenoxy) is 4. The minimum absolute atomic E-state index is 0.0529. The summed E-state index contributed by atoms with van der Waals surface area (Å²) in [6, 6.07) is 8.48. The Morgan fingerprint density at radius 2 is 1.71 bits per heavy atom. The van der Waals surface area contributed by atoms with E-state index in [1.54, 1.807) is 24.3 Å². The van der Waals surface area contributed by atoms with E-state index in [1.807, 2.05) is 0 Å². The predicted octanol–water partition coefficient (Wildman–Crippen LogP) is 2.82. The van der Waals surface area contributed by atoms with Gasteiger partial charge in [0.15, 0.2) is 5.75 Å². The van der Waals surface area contributed by atoms with Crippen molar-refractivity contribution in [3.05, 3.63) is 36.1 Å². The normalized spacial score (nSPS) is 10.5. The topological polar surface area (TPSA) is 92.9 Å². The van der Waals surface area contributed by atoms with Gasteiger partial charge in [0, 0.05) is 0 Å². The molecule has 0 aliphatic carbocycles. The number of benzene rings is 1. The van der Waals surface area contributed by atoms with Crippen LogP contribution in [0.1, 0.15) is 10.6 Å². The first-order chi connectivity index (χ1) is 11.7. The van der Waals surface area contributed by atoms with E-state index in [9.17, 15) is 4.79 Å². The number of nitrogens with zero attached hydrogens (tertiary/aromatic N) is 2. The van der Waals surface area contributed by atoms with Crippen LogP contribution in [0.3, 0.4) is 0 Å². The third kappa shape index (κ3) is 2.81. The molecule has 0 saturated carbocycles. The van der Waals surface area contributed by atoms with E-state index >= 15 is 0 Å². The van der Waals surface area contributed by atoms with Crippen molar-refractivity contribution in [2.45, 2.75) is 0 Å². The lowest BCUT2D eigenvalue weighted by Gasteiger charge is -2.07. The van der Waals surface area contributed by atoms with Gasteiger partial charge in [0.1, 0.15) is 5.58 Å². The van der Waals surface area contributed by atoms with Gasteiger partial charge in [-0.1, -0.05) is 12.1 Å². The molecule has 0 atom stereocenters. The van der Waals surface area contributed by atoms with E-state index in [0.29, 0.717) is 11.0 Å². The number of carbonyl (C=O) groups excluding carboxylic acids is 1. The van der Waals surface area contributed by atoms with Crippen molar-refractivity contribution < 1.29 is 28.2 Å². The molecule has 0 fully saturated rings.